The minimum atomic E-state index is -1.25. The smallest absolute Gasteiger partial charge is 0.257 e. The number of carbonyl (C=O) groups excluding carboxylic acids is 1. The van der Waals surface area contributed by atoms with Crippen molar-refractivity contribution in [1.29, 1.82) is 0 Å². The topological polar surface area (TPSA) is 46.5 Å². The molecule has 0 aromatic rings. The van der Waals surface area contributed by atoms with Crippen molar-refractivity contribution in [2.75, 3.05) is 0 Å². The molecule has 1 aliphatic heterocycles. The first-order valence-corrected chi connectivity index (χ1v) is 3.17. The maximum absolute atomic E-state index is 10.9. The zero-order chi connectivity index (χ0) is 7.72. The van der Waals surface area contributed by atoms with Crippen LogP contribution in [-0.2, 0) is 9.53 Å². The number of ketones is 1. The number of allylic oxidation sites excluding steroid dienone is 1. The molecule has 1 N–H and O–H groups in total. The molecule has 3 heteroatoms. The summed E-state index contributed by atoms with van der Waals surface area (Å²) in [6.07, 6.45) is 0.176. The first-order chi connectivity index (χ1) is 4.63. The van der Waals surface area contributed by atoms with Crippen LogP contribution >= 0.6 is 0 Å². The molecule has 0 radical (unpaired) electrons. The van der Waals surface area contributed by atoms with Gasteiger partial charge in [-0.3, -0.25) is 4.79 Å². The summed E-state index contributed by atoms with van der Waals surface area (Å²) in [5.41, 5.74) is 0.857. The van der Waals surface area contributed by atoms with Gasteiger partial charge in [-0.2, -0.15) is 0 Å². The molecule has 2 unspecified atom stereocenters. The molecule has 0 aromatic carbocycles. The zero-order valence-electron chi connectivity index (χ0n) is 6.00. The van der Waals surface area contributed by atoms with Gasteiger partial charge in [0.25, 0.3) is 6.29 Å². The van der Waals surface area contributed by atoms with Gasteiger partial charge >= 0.3 is 0 Å². The van der Waals surface area contributed by atoms with E-state index in [-0.39, 0.29) is 11.7 Å². The van der Waals surface area contributed by atoms with Crippen molar-refractivity contribution >= 4 is 5.78 Å². The van der Waals surface area contributed by atoms with Crippen LogP contribution in [0.4, 0.5) is 0 Å². The van der Waals surface area contributed by atoms with Crippen molar-refractivity contribution in [3.63, 3.8) is 0 Å². The van der Waals surface area contributed by atoms with Gasteiger partial charge in [-0.15, -0.1) is 0 Å². The summed E-state index contributed by atoms with van der Waals surface area (Å²) in [7, 11) is 0. The highest BCUT2D eigenvalue weighted by atomic mass is 16.6. The maximum atomic E-state index is 10.9. The van der Waals surface area contributed by atoms with E-state index >= 15 is 0 Å². The Morgan fingerprint density at radius 1 is 1.70 bits per heavy atom. The third-order valence-corrected chi connectivity index (χ3v) is 1.74. The highest BCUT2D eigenvalue weighted by Gasteiger charge is 2.27. The molecule has 2 atom stereocenters. The minimum absolute atomic E-state index is 0.205. The fourth-order valence-electron chi connectivity index (χ4n) is 0.779. The number of hydrogen-bond acceptors (Lipinski definition) is 3. The van der Waals surface area contributed by atoms with Gasteiger partial charge in [-0.25, -0.2) is 0 Å². The number of ether oxygens (including phenoxy) is 1. The molecular formula is C7H10O3. The molecule has 1 aliphatic rings. The molecule has 0 saturated carbocycles. The van der Waals surface area contributed by atoms with E-state index in [0.717, 1.165) is 5.57 Å². The standard InChI is InChI=1S/C7H10O3/c1-4-3-10-7(9)6(8)5(4)2/h3,5,7,9H,1-2H3. The lowest BCUT2D eigenvalue weighted by atomic mass is 9.97. The van der Waals surface area contributed by atoms with Crippen LogP contribution in [0.25, 0.3) is 0 Å². The van der Waals surface area contributed by atoms with E-state index in [0.29, 0.717) is 0 Å². The summed E-state index contributed by atoms with van der Waals surface area (Å²) in [6, 6.07) is 0. The monoisotopic (exact) mass is 142 g/mol. The highest BCUT2D eigenvalue weighted by molar-refractivity contribution is 5.86. The van der Waals surface area contributed by atoms with Crippen LogP contribution in [0, 0.1) is 5.92 Å². The Hall–Kier alpha value is -0.830. The molecule has 0 fully saturated rings. The van der Waals surface area contributed by atoms with Crippen molar-refractivity contribution in [3.05, 3.63) is 11.8 Å². The van der Waals surface area contributed by atoms with Crippen molar-refractivity contribution < 1.29 is 14.6 Å². The van der Waals surface area contributed by atoms with Crippen molar-refractivity contribution in [2.45, 2.75) is 20.1 Å². The van der Waals surface area contributed by atoms with Crippen LogP contribution < -0.4 is 0 Å². The van der Waals surface area contributed by atoms with Gasteiger partial charge in [-0.05, 0) is 12.5 Å². The largest absolute Gasteiger partial charge is 0.465 e. The van der Waals surface area contributed by atoms with E-state index in [1.807, 2.05) is 0 Å². The molecular weight excluding hydrogens is 132 g/mol. The number of hydrogen-bond donors (Lipinski definition) is 1. The lowest BCUT2D eigenvalue weighted by Gasteiger charge is -2.20. The molecule has 3 nitrogen and oxygen atoms in total. The van der Waals surface area contributed by atoms with Crippen molar-refractivity contribution in [2.24, 2.45) is 5.92 Å². The van der Waals surface area contributed by atoms with Gasteiger partial charge < -0.3 is 9.84 Å². The van der Waals surface area contributed by atoms with Crippen LogP contribution in [-0.4, -0.2) is 17.2 Å². The third kappa shape index (κ3) is 1.04. The SMILES string of the molecule is CC1=COC(O)C(=O)C1C. The number of aliphatic hydroxyl groups is 1. The second-order valence-corrected chi connectivity index (χ2v) is 2.47. The first-order valence-electron chi connectivity index (χ1n) is 3.17. The van der Waals surface area contributed by atoms with E-state index in [9.17, 15) is 4.79 Å². The third-order valence-electron chi connectivity index (χ3n) is 1.74. The number of aliphatic hydroxyl groups excluding tert-OH is 1. The van der Waals surface area contributed by atoms with E-state index < -0.39 is 6.29 Å². The van der Waals surface area contributed by atoms with Crippen LogP contribution in [0.1, 0.15) is 13.8 Å². The second kappa shape index (κ2) is 2.42. The minimum Gasteiger partial charge on any atom is -0.465 e. The molecule has 0 bridgehead atoms. The molecule has 0 aromatic heterocycles. The molecule has 0 aliphatic carbocycles. The predicted octanol–water partition coefficient (Wildman–Crippen LogP) is 0.444. The summed E-state index contributed by atoms with van der Waals surface area (Å²) in [4.78, 5) is 10.9. The Morgan fingerprint density at radius 3 is 2.80 bits per heavy atom. The van der Waals surface area contributed by atoms with E-state index in [1.165, 1.54) is 6.26 Å². The van der Waals surface area contributed by atoms with Crippen LogP contribution in [0.5, 0.6) is 0 Å². The average molecular weight is 142 g/mol. The van der Waals surface area contributed by atoms with Gasteiger partial charge in [-0.1, -0.05) is 6.92 Å². The van der Waals surface area contributed by atoms with Gasteiger partial charge in [0.15, 0.2) is 0 Å². The Bertz CT molecular complexity index is 183. The van der Waals surface area contributed by atoms with E-state index in [2.05, 4.69) is 4.74 Å². The van der Waals surface area contributed by atoms with Crippen LogP contribution in [0.15, 0.2) is 11.8 Å². The van der Waals surface area contributed by atoms with Crippen molar-refractivity contribution in [3.8, 4) is 0 Å². The molecule has 0 spiro atoms. The summed E-state index contributed by atoms with van der Waals surface area (Å²) < 4.78 is 4.62. The van der Waals surface area contributed by atoms with Crippen LogP contribution in [0.3, 0.4) is 0 Å². The molecule has 56 valence electrons. The fourth-order valence-corrected chi connectivity index (χ4v) is 0.779. The van der Waals surface area contributed by atoms with Gasteiger partial charge in [0.2, 0.25) is 5.78 Å². The Balaban J connectivity index is 2.81. The molecule has 1 rings (SSSR count). The Morgan fingerprint density at radius 2 is 2.30 bits per heavy atom. The lowest BCUT2D eigenvalue weighted by molar-refractivity contribution is -0.151. The summed E-state index contributed by atoms with van der Waals surface area (Å²) in [5, 5.41) is 8.85. The van der Waals surface area contributed by atoms with Gasteiger partial charge in [0.1, 0.15) is 0 Å². The van der Waals surface area contributed by atoms with Crippen LogP contribution in [0.2, 0.25) is 0 Å². The van der Waals surface area contributed by atoms with Gasteiger partial charge in [0, 0.05) is 5.92 Å². The molecule has 0 amide bonds. The van der Waals surface area contributed by atoms with Gasteiger partial charge in [0.05, 0.1) is 6.26 Å². The summed E-state index contributed by atoms with van der Waals surface area (Å²) in [5.74, 6) is -0.469. The van der Waals surface area contributed by atoms with E-state index in [4.69, 9.17) is 5.11 Å². The average Bonchev–Trinajstić information content (AvgIpc) is 1.93. The number of Topliss-reactive ketones (excluding diaryl/α,β-unsaturated/α-hetero) is 1. The maximum Gasteiger partial charge on any atom is 0.257 e. The molecule has 10 heavy (non-hydrogen) atoms. The molecule has 0 saturated heterocycles. The number of carbonyl (C=O) groups is 1. The summed E-state index contributed by atoms with van der Waals surface area (Å²) >= 11 is 0. The number of rotatable bonds is 0. The quantitative estimate of drug-likeness (QED) is 0.534. The Labute approximate surface area is 59.3 Å². The lowest BCUT2D eigenvalue weighted by Crippen LogP contribution is -2.31. The predicted molar refractivity (Wildman–Crippen MR) is 35.0 cm³/mol. The zero-order valence-corrected chi connectivity index (χ0v) is 6.00. The molecule has 1 heterocycles. The normalized spacial score (nSPS) is 33.1. The van der Waals surface area contributed by atoms with Crippen molar-refractivity contribution in [1.82, 2.24) is 0 Å². The highest BCUT2D eigenvalue weighted by Crippen LogP contribution is 2.18. The van der Waals surface area contributed by atoms with E-state index in [1.54, 1.807) is 13.8 Å². The summed E-state index contributed by atoms with van der Waals surface area (Å²) in [6.45, 7) is 3.55. The first kappa shape index (κ1) is 7.28. The second-order valence-electron chi connectivity index (χ2n) is 2.47. The fraction of sp³-hybridized carbons (Fsp3) is 0.571. The Kier molecular flexibility index (Phi) is 1.76.